The number of pyridine rings is 1. The Balaban J connectivity index is 1.71. The van der Waals surface area contributed by atoms with Gasteiger partial charge < -0.3 is 14.4 Å². The van der Waals surface area contributed by atoms with Gasteiger partial charge in [0.25, 0.3) is 0 Å². The summed E-state index contributed by atoms with van der Waals surface area (Å²) in [6.45, 7) is 3.59. The summed E-state index contributed by atoms with van der Waals surface area (Å²) in [4.78, 5) is 18.1. The summed E-state index contributed by atoms with van der Waals surface area (Å²) in [5.41, 5.74) is 4.67. The zero-order chi connectivity index (χ0) is 17.2. The molecule has 0 atom stereocenters. The number of para-hydroxylation sites is 1. The maximum atomic E-state index is 11.9. The summed E-state index contributed by atoms with van der Waals surface area (Å²) in [6, 6.07) is 12.0. The average molecular weight is 336 g/mol. The molecule has 5 heteroatoms. The fourth-order valence-corrected chi connectivity index (χ4v) is 3.48. The molecule has 25 heavy (non-hydrogen) atoms. The zero-order valence-corrected chi connectivity index (χ0v) is 14.2. The van der Waals surface area contributed by atoms with Gasteiger partial charge in [-0.2, -0.15) is 0 Å². The minimum atomic E-state index is -0.221. The molecule has 0 spiro atoms. The normalized spacial score (nSPS) is 16.0. The Labute approximate surface area is 146 Å². The number of hydrogen-bond acceptors (Lipinski definition) is 4. The zero-order valence-electron chi connectivity index (χ0n) is 14.2. The molecular formula is C20H20N2O3. The second-order valence-electron chi connectivity index (χ2n) is 6.12. The molecule has 0 radical (unpaired) electrons. The summed E-state index contributed by atoms with van der Waals surface area (Å²) in [5.74, 6) is 1.49. The van der Waals surface area contributed by atoms with Gasteiger partial charge in [-0.05, 0) is 43.5 Å². The van der Waals surface area contributed by atoms with Gasteiger partial charge in [-0.25, -0.2) is 9.78 Å². The van der Waals surface area contributed by atoms with E-state index >= 15 is 0 Å². The molecule has 1 fully saturated rings. The van der Waals surface area contributed by atoms with E-state index in [0.717, 1.165) is 29.7 Å². The number of hydrogen-bond donors (Lipinski definition) is 0. The van der Waals surface area contributed by atoms with E-state index in [0.29, 0.717) is 25.6 Å². The van der Waals surface area contributed by atoms with E-state index in [1.807, 2.05) is 31.2 Å². The van der Waals surface area contributed by atoms with E-state index < -0.39 is 0 Å². The molecule has 3 heterocycles. The molecule has 4 rings (SSSR count). The molecule has 128 valence electrons. The standard InChI is InChI=1S/C20H20N2O3/c1-2-24-20(23)22-12-9-14(10-13-22)18-15-6-3-4-8-17(15)25-19-16(18)7-5-11-21-19/h3-8,11H,2,9-10,12-13H2,1H3. The van der Waals surface area contributed by atoms with Gasteiger partial charge >= 0.3 is 6.09 Å². The number of rotatable bonds is 1. The van der Waals surface area contributed by atoms with Crippen LogP contribution in [0.2, 0.25) is 0 Å². The van der Waals surface area contributed by atoms with E-state index in [1.54, 1.807) is 11.1 Å². The molecule has 2 aliphatic heterocycles. The molecule has 2 aliphatic rings. The molecular weight excluding hydrogens is 316 g/mol. The van der Waals surface area contributed by atoms with Gasteiger partial charge in [-0.1, -0.05) is 23.8 Å². The Kier molecular flexibility index (Phi) is 4.14. The smallest absolute Gasteiger partial charge is 0.409 e. The lowest BCUT2D eigenvalue weighted by atomic mass is 9.87. The second-order valence-corrected chi connectivity index (χ2v) is 6.12. The van der Waals surface area contributed by atoms with Crippen molar-refractivity contribution in [3.8, 4) is 11.6 Å². The highest BCUT2D eigenvalue weighted by molar-refractivity contribution is 5.89. The first kappa shape index (κ1) is 15.7. The van der Waals surface area contributed by atoms with Crippen molar-refractivity contribution >= 4 is 11.7 Å². The van der Waals surface area contributed by atoms with Crippen molar-refractivity contribution in [3.05, 3.63) is 59.3 Å². The number of aromatic nitrogens is 1. The van der Waals surface area contributed by atoms with Gasteiger partial charge in [0.2, 0.25) is 5.88 Å². The van der Waals surface area contributed by atoms with Crippen molar-refractivity contribution in [2.45, 2.75) is 19.8 Å². The number of carbonyl (C=O) groups excluding carboxylic acids is 1. The molecule has 1 aromatic carbocycles. The maximum Gasteiger partial charge on any atom is 0.409 e. The summed E-state index contributed by atoms with van der Waals surface area (Å²) in [5, 5.41) is 0. The van der Waals surface area contributed by atoms with Crippen molar-refractivity contribution in [2.24, 2.45) is 0 Å². The van der Waals surface area contributed by atoms with Crippen LogP contribution in [-0.4, -0.2) is 35.7 Å². The summed E-state index contributed by atoms with van der Waals surface area (Å²) >= 11 is 0. The Hall–Kier alpha value is -2.82. The maximum absolute atomic E-state index is 11.9. The number of nitrogens with zero attached hydrogens (tertiary/aromatic N) is 2. The monoisotopic (exact) mass is 336 g/mol. The molecule has 0 saturated carbocycles. The van der Waals surface area contributed by atoms with Crippen molar-refractivity contribution in [1.82, 2.24) is 9.88 Å². The van der Waals surface area contributed by atoms with Crippen LogP contribution >= 0.6 is 0 Å². The van der Waals surface area contributed by atoms with Crippen LogP contribution in [0.15, 0.2) is 48.2 Å². The third-order valence-corrected chi connectivity index (χ3v) is 4.65. The number of fused-ring (bicyclic) bond motifs is 2. The predicted octanol–water partition coefficient (Wildman–Crippen LogP) is 4.24. The topological polar surface area (TPSA) is 51.7 Å². The summed E-state index contributed by atoms with van der Waals surface area (Å²) < 4.78 is 11.1. The number of amides is 1. The van der Waals surface area contributed by atoms with Crippen LogP contribution in [-0.2, 0) is 4.74 Å². The van der Waals surface area contributed by atoms with Crippen molar-refractivity contribution < 1.29 is 14.3 Å². The van der Waals surface area contributed by atoms with Crippen molar-refractivity contribution in [2.75, 3.05) is 19.7 Å². The average Bonchev–Trinajstić information content (AvgIpc) is 2.66. The first-order valence-corrected chi connectivity index (χ1v) is 8.64. The third kappa shape index (κ3) is 2.86. The molecule has 0 N–H and O–H groups in total. The van der Waals surface area contributed by atoms with Crippen LogP contribution in [0, 0.1) is 0 Å². The number of carbonyl (C=O) groups is 1. The second kappa shape index (κ2) is 6.59. The Morgan fingerprint density at radius 3 is 2.72 bits per heavy atom. The molecule has 5 nitrogen and oxygen atoms in total. The molecule has 0 bridgehead atoms. The summed E-state index contributed by atoms with van der Waals surface area (Å²) in [7, 11) is 0. The van der Waals surface area contributed by atoms with E-state index in [9.17, 15) is 4.79 Å². The number of benzene rings is 1. The van der Waals surface area contributed by atoms with Gasteiger partial charge in [0.05, 0.1) is 6.61 Å². The molecule has 1 amide bonds. The lowest BCUT2D eigenvalue weighted by Crippen LogP contribution is -2.37. The molecule has 0 aliphatic carbocycles. The molecule has 1 saturated heterocycles. The van der Waals surface area contributed by atoms with E-state index in [2.05, 4.69) is 17.1 Å². The predicted molar refractivity (Wildman–Crippen MR) is 94.6 cm³/mol. The van der Waals surface area contributed by atoms with Crippen LogP contribution in [0.1, 0.15) is 30.9 Å². The van der Waals surface area contributed by atoms with Crippen LogP contribution in [0.4, 0.5) is 4.79 Å². The Morgan fingerprint density at radius 1 is 1.16 bits per heavy atom. The fourth-order valence-electron chi connectivity index (χ4n) is 3.48. The number of piperidine rings is 1. The Morgan fingerprint density at radius 2 is 1.92 bits per heavy atom. The lowest BCUT2D eigenvalue weighted by Gasteiger charge is -2.31. The van der Waals surface area contributed by atoms with Crippen LogP contribution in [0.5, 0.6) is 11.6 Å². The fraction of sp³-hybridized carbons (Fsp3) is 0.300. The Bertz CT molecular complexity index is 787. The van der Waals surface area contributed by atoms with Gasteiger partial charge in [0.15, 0.2) is 0 Å². The number of ether oxygens (including phenoxy) is 2. The third-order valence-electron chi connectivity index (χ3n) is 4.65. The van der Waals surface area contributed by atoms with Gasteiger partial charge in [-0.15, -0.1) is 0 Å². The van der Waals surface area contributed by atoms with E-state index in [4.69, 9.17) is 9.47 Å². The molecule has 0 unspecified atom stereocenters. The van der Waals surface area contributed by atoms with Crippen LogP contribution in [0.3, 0.4) is 0 Å². The number of likely N-dealkylation sites (tertiary alicyclic amines) is 1. The SMILES string of the molecule is CCOC(=O)N1CCC(=C2c3ccccc3Oc3ncccc32)CC1. The van der Waals surface area contributed by atoms with Crippen molar-refractivity contribution in [3.63, 3.8) is 0 Å². The van der Waals surface area contributed by atoms with Gasteiger partial charge in [0, 0.05) is 30.4 Å². The summed E-state index contributed by atoms with van der Waals surface area (Å²) in [6.07, 6.45) is 3.19. The lowest BCUT2D eigenvalue weighted by molar-refractivity contribution is 0.104. The van der Waals surface area contributed by atoms with Crippen LogP contribution in [0.25, 0.3) is 5.57 Å². The quantitative estimate of drug-likeness (QED) is 0.667. The van der Waals surface area contributed by atoms with E-state index in [1.165, 1.54) is 11.1 Å². The largest absolute Gasteiger partial charge is 0.450 e. The van der Waals surface area contributed by atoms with Crippen LogP contribution < -0.4 is 4.74 Å². The highest BCUT2D eigenvalue weighted by Crippen LogP contribution is 2.45. The molecule has 2 aromatic rings. The minimum Gasteiger partial charge on any atom is -0.450 e. The minimum absolute atomic E-state index is 0.221. The van der Waals surface area contributed by atoms with Crippen molar-refractivity contribution in [1.29, 1.82) is 0 Å². The highest BCUT2D eigenvalue weighted by Gasteiger charge is 2.28. The molecule has 1 aromatic heterocycles. The van der Waals surface area contributed by atoms with E-state index in [-0.39, 0.29) is 6.09 Å². The first-order valence-electron chi connectivity index (χ1n) is 8.64. The highest BCUT2D eigenvalue weighted by atomic mass is 16.6. The van der Waals surface area contributed by atoms with Gasteiger partial charge in [0.1, 0.15) is 5.75 Å². The van der Waals surface area contributed by atoms with Gasteiger partial charge in [-0.3, -0.25) is 0 Å². The first-order chi connectivity index (χ1) is 12.3.